The summed E-state index contributed by atoms with van der Waals surface area (Å²) in [7, 11) is -3.40. The quantitative estimate of drug-likeness (QED) is 0.0782. The minimum atomic E-state index is -3.40. The number of para-hydroxylation sites is 1. The van der Waals surface area contributed by atoms with Crippen molar-refractivity contribution in [1.82, 2.24) is 0 Å². The Labute approximate surface area is 245 Å². The summed E-state index contributed by atoms with van der Waals surface area (Å²) in [6.07, 6.45) is 0. The summed E-state index contributed by atoms with van der Waals surface area (Å²) in [5.74, 6) is -41.3. The molecule has 5 aromatic rings. The van der Waals surface area contributed by atoms with E-state index in [1.165, 1.54) is 0 Å². The first-order chi connectivity index (χ1) is 21.6. The number of halogens is 15. The monoisotopic (exact) mass is 670 g/mol. The highest BCUT2D eigenvalue weighted by Gasteiger charge is 2.42. The molecule has 0 aliphatic carbocycles. The Morgan fingerprint density at radius 2 is 0.891 bits per heavy atom. The predicted octanol–water partition coefficient (Wildman–Crippen LogP) is 8.45. The van der Waals surface area contributed by atoms with E-state index >= 15 is 8.78 Å². The molecule has 0 fully saturated rings. The molecule has 2 nitrogen and oxygen atoms in total. The van der Waals surface area contributed by atoms with E-state index in [1.807, 2.05) is 0 Å². The lowest BCUT2D eigenvalue weighted by atomic mass is 9.74. The smallest absolute Gasteiger partial charge is 0.521 e. The first-order valence-electron chi connectivity index (χ1n) is 12.0. The van der Waals surface area contributed by atoms with Gasteiger partial charge in [0.25, 0.3) is 0 Å². The van der Waals surface area contributed by atoms with Gasteiger partial charge in [0.2, 0.25) is 29.1 Å². The zero-order valence-electron chi connectivity index (χ0n) is 21.5. The molecule has 0 atom stereocenters. The Hall–Kier alpha value is -5.03. The molecule has 0 heterocycles. The van der Waals surface area contributed by atoms with Crippen molar-refractivity contribution in [3.8, 4) is 22.6 Å². The summed E-state index contributed by atoms with van der Waals surface area (Å²) in [5.41, 5.74) is -3.88. The van der Waals surface area contributed by atoms with E-state index in [9.17, 15) is 57.1 Å². The average molecular weight is 670 g/mol. The molecule has 0 aliphatic heterocycles. The van der Waals surface area contributed by atoms with Gasteiger partial charge in [0.15, 0.2) is 58.1 Å². The van der Waals surface area contributed by atoms with Crippen molar-refractivity contribution in [2.45, 2.75) is 0 Å². The van der Waals surface area contributed by atoms with Crippen LogP contribution in [0.2, 0.25) is 0 Å². The maximum Gasteiger partial charge on any atom is 0.636 e. The highest BCUT2D eigenvalue weighted by atomic mass is 19.2. The first-order valence-corrected chi connectivity index (χ1v) is 12.0. The topological polar surface area (TPSA) is 18.5 Å². The molecule has 18 heteroatoms. The Morgan fingerprint density at radius 3 is 1.48 bits per heavy atom. The minimum Gasteiger partial charge on any atom is -0.521 e. The molecule has 0 spiro atoms. The van der Waals surface area contributed by atoms with E-state index in [4.69, 9.17) is 4.65 Å². The fraction of sp³-hybridized carbons (Fsp3) is 0. The number of hydrogen-bond donors (Lipinski definition) is 0. The normalized spacial score (nSPS) is 11.4. The van der Waals surface area contributed by atoms with Gasteiger partial charge in [-0.3, -0.25) is 0 Å². The Morgan fingerprint density at radius 1 is 0.413 bits per heavy atom. The summed E-state index contributed by atoms with van der Waals surface area (Å²) in [6, 6.07) is 3.97. The summed E-state index contributed by atoms with van der Waals surface area (Å²) >= 11 is 0. The van der Waals surface area contributed by atoms with E-state index in [0.29, 0.717) is 12.1 Å². The third-order valence-corrected chi connectivity index (χ3v) is 6.41. The zero-order chi connectivity index (χ0) is 33.9. The van der Waals surface area contributed by atoms with Crippen LogP contribution in [0, 0.1) is 87.3 Å². The summed E-state index contributed by atoms with van der Waals surface area (Å²) in [4.78, 5) is 0. The van der Waals surface area contributed by atoms with Crippen molar-refractivity contribution < 1.29 is 75.2 Å². The number of hydrogen-bond acceptors (Lipinski definition) is 2. The predicted molar refractivity (Wildman–Crippen MR) is 128 cm³/mol. The molecule has 0 saturated carbocycles. The molecule has 0 N–H and O–H groups in total. The standard InChI is InChI=1S/C28H6BF15O2/c30-7-5-9(15(32)10(31)6-7)8-3-1-2-4-11(8)45-29(46-28-26(43)24(41)23(40)25(42)27(28)44)14-12-13(17(34)20(37)19(14)36)18(35)22(39)21(38)16(12)33/h1-6H. The van der Waals surface area contributed by atoms with Gasteiger partial charge >= 0.3 is 7.12 Å². The largest absolute Gasteiger partial charge is 0.636 e. The van der Waals surface area contributed by atoms with E-state index < -0.39 is 133 Å². The fourth-order valence-corrected chi connectivity index (χ4v) is 4.34. The van der Waals surface area contributed by atoms with E-state index in [-0.39, 0.29) is 6.07 Å². The van der Waals surface area contributed by atoms with Crippen LogP contribution in [0.5, 0.6) is 11.5 Å². The van der Waals surface area contributed by atoms with Gasteiger partial charge in [0, 0.05) is 22.6 Å². The van der Waals surface area contributed by atoms with Gasteiger partial charge < -0.3 is 9.31 Å². The van der Waals surface area contributed by atoms with Gasteiger partial charge in [-0.05, 0) is 12.1 Å². The SMILES string of the molecule is Fc1cc(F)c(F)c(-c2ccccc2OB(Oc2c(F)c(F)c(F)c(F)c2F)c2c(F)c(F)c(F)c3c(F)c(F)c(F)c(F)c23)c1. The van der Waals surface area contributed by atoms with Crippen LogP contribution in [0.1, 0.15) is 0 Å². The maximum atomic E-state index is 15.4. The number of rotatable bonds is 6. The van der Waals surface area contributed by atoms with Gasteiger partial charge in [-0.1, -0.05) is 18.2 Å². The van der Waals surface area contributed by atoms with Crippen molar-refractivity contribution >= 4 is 23.4 Å². The second-order valence-corrected chi connectivity index (χ2v) is 9.07. The van der Waals surface area contributed by atoms with Gasteiger partial charge in [0.1, 0.15) is 11.6 Å². The minimum absolute atomic E-state index is 0.0885. The Kier molecular flexibility index (Phi) is 8.25. The van der Waals surface area contributed by atoms with Crippen molar-refractivity contribution in [3.05, 3.63) is 124 Å². The van der Waals surface area contributed by atoms with Crippen molar-refractivity contribution in [3.63, 3.8) is 0 Å². The second kappa shape index (κ2) is 11.7. The van der Waals surface area contributed by atoms with Gasteiger partial charge in [0.05, 0.1) is 10.8 Å². The summed E-state index contributed by atoms with van der Waals surface area (Å²) in [6.45, 7) is 0. The maximum absolute atomic E-state index is 15.4. The summed E-state index contributed by atoms with van der Waals surface area (Å²) in [5, 5.41) is -4.27. The second-order valence-electron chi connectivity index (χ2n) is 9.07. The van der Waals surface area contributed by atoms with Crippen molar-refractivity contribution in [1.29, 1.82) is 0 Å². The molecule has 0 aromatic heterocycles. The Bertz CT molecular complexity index is 2050. The molecule has 5 rings (SSSR count). The molecule has 238 valence electrons. The molecule has 0 amide bonds. The average Bonchev–Trinajstić information content (AvgIpc) is 3.03. The van der Waals surface area contributed by atoms with Gasteiger partial charge in [-0.2, -0.15) is 8.78 Å². The van der Waals surface area contributed by atoms with Crippen LogP contribution < -0.4 is 14.8 Å². The number of fused-ring (bicyclic) bond motifs is 1. The van der Waals surface area contributed by atoms with Crippen LogP contribution in [0.15, 0.2) is 36.4 Å². The highest BCUT2D eigenvalue weighted by molar-refractivity contribution is 6.66. The summed E-state index contributed by atoms with van der Waals surface area (Å²) < 4.78 is 226. The lowest BCUT2D eigenvalue weighted by molar-refractivity contribution is 0.334. The third kappa shape index (κ3) is 5.00. The molecule has 5 aromatic carbocycles. The van der Waals surface area contributed by atoms with Crippen LogP contribution in [0.4, 0.5) is 65.9 Å². The molecule has 0 aliphatic rings. The van der Waals surface area contributed by atoms with E-state index in [1.54, 1.807) is 0 Å². The van der Waals surface area contributed by atoms with Gasteiger partial charge in [-0.15, -0.1) is 0 Å². The molecule has 46 heavy (non-hydrogen) atoms. The van der Waals surface area contributed by atoms with Gasteiger partial charge in [-0.25, -0.2) is 57.1 Å². The lowest BCUT2D eigenvalue weighted by Gasteiger charge is -2.22. The van der Waals surface area contributed by atoms with Crippen LogP contribution in [0.25, 0.3) is 21.9 Å². The third-order valence-electron chi connectivity index (χ3n) is 6.41. The van der Waals surface area contributed by atoms with Crippen LogP contribution in [-0.4, -0.2) is 7.12 Å². The zero-order valence-corrected chi connectivity index (χ0v) is 21.5. The molecule has 0 saturated heterocycles. The molecule has 0 unspecified atom stereocenters. The lowest BCUT2D eigenvalue weighted by Crippen LogP contribution is -2.46. The van der Waals surface area contributed by atoms with E-state index in [2.05, 4.69) is 4.65 Å². The van der Waals surface area contributed by atoms with Crippen LogP contribution in [-0.2, 0) is 0 Å². The van der Waals surface area contributed by atoms with Crippen LogP contribution in [0.3, 0.4) is 0 Å². The van der Waals surface area contributed by atoms with Crippen LogP contribution >= 0.6 is 0 Å². The Balaban J connectivity index is 1.87. The highest BCUT2D eigenvalue weighted by Crippen LogP contribution is 2.37. The molecule has 0 bridgehead atoms. The molecule has 0 radical (unpaired) electrons. The van der Waals surface area contributed by atoms with E-state index in [0.717, 1.165) is 18.2 Å². The molecular weight excluding hydrogens is 664 g/mol. The first kappa shape index (κ1) is 32.4. The fourth-order valence-electron chi connectivity index (χ4n) is 4.34. The van der Waals surface area contributed by atoms with Crippen molar-refractivity contribution in [2.75, 3.05) is 0 Å². The number of benzene rings is 5. The van der Waals surface area contributed by atoms with Crippen molar-refractivity contribution in [2.24, 2.45) is 0 Å². The molecular formula is C28H6BF15O2.